The molecule has 2 aliphatic heterocycles. The first-order valence-corrected chi connectivity index (χ1v) is 13.2. The molecule has 1 amide bonds. The molecule has 1 aromatic carbocycles. The van der Waals surface area contributed by atoms with Gasteiger partial charge in [0.05, 0.1) is 10.5 Å². The number of aromatic nitrogens is 2. The fraction of sp³-hybridized carbons (Fsp3) is 0.522. The van der Waals surface area contributed by atoms with Crippen molar-refractivity contribution in [2.75, 3.05) is 24.2 Å². The van der Waals surface area contributed by atoms with Crippen LogP contribution in [0.15, 0.2) is 29.4 Å². The van der Waals surface area contributed by atoms with Crippen LogP contribution in [0.1, 0.15) is 38.2 Å². The highest BCUT2D eigenvalue weighted by Crippen LogP contribution is 2.41. The lowest BCUT2D eigenvalue weighted by atomic mass is 10.1. The van der Waals surface area contributed by atoms with E-state index in [9.17, 15) is 17.6 Å². The number of benzene rings is 1. The topological polar surface area (TPSA) is 102 Å². The average molecular weight is 491 g/mol. The summed E-state index contributed by atoms with van der Waals surface area (Å²) in [7, 11) is -3.53. The van der Waals surface area contributed by atoms with Crippen molar-refractivity contribution in [2.24, 2.45) is 0 Å². The van der Waals surface area contributed by atoms with Crippen LogP contribution in [-0.4, -0.2) is 66.4 Å². The number of amides is 1. The minimum absolute atomic E-state index is 0.0885. The molecule has 1 aromatic heterocycles. The van der Waals surface area contributed by atoms with Crippen LogP contribution in [0.3, 0.4) is 0 Å². The molecule has 0 radical (unpaired) electrons. The zero-order valence-electron chi connectivity index (χ0n) is 19.3. The van der Waals surface area contributed by atoms with Crippen molar-refractivity contribution in [3.63, 3.8) is 0 Å². The molecule has 0 spiro atoms. The summed E-state index contributed by atoms with van der Waals surface area (Å²) in [5.74, 6) is -0.0324. The second kappa shape index (κ2) is 8.07. The largest absolute Gasteiger partial charge is 0.443 e. The van der Waals surface area contributed by atoms with E-state index in [-0.39, 0.29) is 40.3 Å². The number of piperazine rings is 1. The molecule has 2 unspecified atom stereocenters. The summed E-state index contributed by atoms with van der Waals surface area (Å²) < 4.78 is 49.2. The molecule has 2 bridgehead atoms. The first kappa shape index (κ1) is 22.8. The maximum atomic E-state index is 14.5. The third-order valence-corrected chi connectivity index (χ3v) is 7.93. The van der Waals surface area contributed by atoms with Gasteiger partial charge in [-0.2, -0.15) is 0 Å². The van der Waals surface area contributed by atoms with Crippen molar-refractivity contribution in [3.05, 3.63) is 35.9 Å². The minimum atomic E-state index is -3.53. The number of nitrogens with zero attached hydrogens (tertiary/aromatic N) is 4. The highest BCUT2D eigenvalue weighted by molar-refractivity contribution is 7.90. The molecule has 3 aliphatic rings. The number of ether oxygens (including phenoxy) is 2. The van der Waals surface area contributed by atoms with Gasteiger partial charge in [-0.05, 0) is 57.7 Å². The lowest BCUT2D eigenvalue weighted by Crippen LogP contribution is -2.56. The van der Waals surface area contributed by atoms with E-state index in [0.29, 0.717) is 24.5 Å². The Hall–Kier alpha value is -2.95. The standard InChI is InChI=1S/C23H27FN4O5S/c1-14-20(25-13-26-21(14)32-19-7-6-17(10-18(19)24)34(3,30)31)28-15-4-5-16(28)12-27(11-15)22(29)33-23(2)8-9-23/h6-7,10,13,15-16H,4-5,8-9,11-12H2,1-3H3. The van der Waals surface area contributed by atoms with E-state index < -0.39 is 15.7 Å². The summed E-state index contributed by atoms with van der Waals surface area (Å²) in [4.78, 5) is 25.1. The van der Waals surface area contributed by atoms with Gasteiger partial charge < -0.3 is 19.3 Å². The molecule has 5 rings (SSSR count). The van der Waals surface area contributed by atoms with Gasteiger partial charge in [-0.15, -0.1) is 0 Å². The van der Waals surface area contributed by atoms with Gasteiger partial charge in [0.15, 0.2) is 21.4 Å². The van der Waals surface area contributed by atoms with E-state index in [1.54, 1.807) is 11.8 Å². The fourth-order valence-corrected chi connectivity index (χ4v) is 5.27. The summed E-state index contributed by atoms with van der Waals surface area (Å²) in [5.41, 5.74) is 0.338. The number of carbonyl (C=O) groups excluding carboxylic acids is 1. The van der Waals surface area contributed by atoms with Gasteiger partial charge in [0.1, 0.15) is 17.7 Å². The van der Waals surface area contributed by atoms with E-state index in [1.165, 1.54) is 18.5 Å². The SMILES string of the molecule is Cc1c(Oc2ccc(S(C)(=O)=O)cc2F)ncnc1N1C2CCC1CN(C(=O)OC1(C)CC1)C2. The Morgan fingerprint density at radius 2 is 1.85 bits per heavy atom. The number of sulfone groups is 1. The predicted octanol–water partition coefficient (Wildman–Crippen LogP) is 3.46. The lowest BCUT2D eigenvalue weighted by molar-refractivity contribution is 0.0527. The van der Waals surface area contributed by atoms with Crippen LogP contribution in [0.2, 0.25) is 0 Å². The van der Waals surface area contributed by atoms with E-state index in [1.807, 2.05) is 6.92 Å². The van der Waals surface area contributed by atoms with E-state index in [2.05, 4.69) is 14.9 Å². The summed E-state index contributed by atoms with van der Waals surface area (Å²) >= 11 is 0. The number of anilines is 1. The van der Waals surface area contributed by atoms with Gasteiger partial charge in [0.25, 0.3) is 0 Å². The molecule has 3 heterocycles. The molecule has 11 heteroatoms. The summed E-state index contributed by atoms with van der Waals surface area (Å²) in [6, 6.07) is 3.69. The smallest absolute Gasteiger partial charge is 0.410 e. The normalized spacial score (nSPS) is 23.1. The van der Waals surface area contributed by atoms with Crippen LogP contribution in [0.25, 0.3) is 0 Å². The number of hydrogen-bond acceptors (Lipinski definition) is 8. The maximum Gasteiger partial charge on any atom is 0.410 e. The van der Waals surface area contributed by atoms with Gasteiger partial charge in [-0.3, -0.25) is 0 Å². The maximum absolute atomic E-state index is 14.5. The van der Waals surface area contributed by atoms with Crippen LogP contribution in [0.4, 0.5) is 15.0 Å². The molecular weight excluding hydrogens is 463 g/mol. The summed E-state index contributed by atoms with van der Waals surface area (Å²) in [5, 5.41) is 0. The van der Waals surface area contributed by atoms with Gasteiger partial charge in [0.2, 0.25) is 5.88 Å². The number of hydrogen-bond donors (Lipinski definition) is 0. The Balaban J connectivity index is 1.35. The van der Waals surface area contributed by atoms with E-state index >= 15 is 0 Å². The number of carbonyl (C=O) groups is 1. The highest BCUT2D eigenvalue weighted by atomic mass is 32.2. The van der Waals surface area contributed by atoms with Gasteiger partial charge >= 0.3 is 6.09 Å². The van der Waals surface area contributed by atoms with Crippen molar-refractivity contribution in [3.8, 4) is 11.6 Å². The van der Waals surface area contributed by atoms with Crippen molar-refractivity contribution < 1.29 is 27.1 Å². The van der Waals surface area contributed by atoms with Crippen LogP contribution in [0.5, 0.6) is 11.6 Å². The molecule has 1 aliphatic carbocycles. The average Bonchev–Trinajstić information content (AvgIpc) is 3.44. The highest BCUT2D eigenvalue weighted by Gasteiger charge is 2.47. The zero-order chi connectivity index (χ0) is 24.3. The van der Waals surface area contributed by atoms with Crippen LogP contribution in [-0.2, 0) is 14.6 Å². The minimum Gasteiger partial charge on any atom is -0.443 e. The van der Waals surface area contributed by atoms with Gasteiger partial charge in [0, 0.05) is 31.4 Å². The number of fused-ring (bicyclic) bond motifs is 2. The second-order valence-corrected chi connectivity index (χ2v) is 11.6. The molecule has 3 fully saturated rings. The van der Waals surface area contributed by atoms with Crippen LogP contribution >= 0.6 is 0 Å². The molecular formula is C23H27FN4O5S. The molecule has 2 atom stereocenters. The van der Waals surface area contributed by atoms with E-state index in [0.717, 1.165) is 38.0 Å². The van der Waals surface area contributed by atoms with Gasteiger partial charge in [-0.1, -0.05) is 0 Å². The molecule has 2 aromatic rings. The third-order valence-electron chi connectivity index (χ3n) is 6.82. The molecule has 34 heavy (non-hydrogen) atoms. The lowest BCUT2D eigenvalue weighted by Gasteiger charge is -2.42. The number of likely N-dealkylation sites (tertiary alicyclic amines) is 1. The Labute approximate surface area is 197 Å². The van der Waals surface area contributed by atoms with Gasteiger partial charge in [-0.25, -0.2) is 27.6 Å². The summed E-state index contributed by atoms with van der Waals surface area (Å²) in [6.45, 7) is 4.86. The quantitative estimate of drug-likeness (QED) is 0.628. The Morgan fingerprint density at radius 1 is 1.18 bits per heavy atom. The number of halogens is 1. The number of rotatable bonds is 5. The predicted molar refractivity (Wildman–Crippen MR) is 121 cm³/mol. The van der Waals surface area contributed by atoms with Crippen molar-refractivity contribution in [1.82, 2.24) is 14.9 Å². The first-order chi connectivity index (χ1) is 16.0. The molecule has 1 saturated carbocycles. The zero-order valence-corrected chi connectivity index (χ0v) is 20.1. The summed E-state index contributed by atoms with van der Waals surface area (Å²) in [6.07, 6.45) is 5.79. The Kier molecular flexibility index (Phi) is 5.42. The second-order valence-electron chi connectivity index (χ2n) is 9.61. The van der Waals surface area contributed by atoms with Crippen molar-refractivity contribution in [1.29, 1.82) is 0 Å². The van der Waals surface area contributed by atoms with Crippen LogP contribution in [0, 0.1) is 12.7 Å². The fourth-order valence-electron chi connectivity index (χ4n) is 4.64. The Bertz CT molecular complexity index is 1240. The molecule has 0 N–H and O–H groups in total. The molecule has 182 valence electrons. The first-order valence-electron chi connectivity index (χ1n) is 11.3. The Morgan fingerprint density at radius 3 is 2.44 bits per heavy atom. The van der Waals surface area contributed by atoms with E-state index in [4.69, 9.17) is 9.47 Å². The van der Waals surface area contributed by atoms with Crippen molar-refractivity contribution in [2.45, 2.75) is 62.1 Å². The third kappa shape index (κ3) is 4.28. The molecule has 2 saturated heterocycles. The van der Waals surface area contributed by atoms with Crippen molar-refractivity contribution >= 4 is 21.7 Å². The monoisotopic (exact) mass is 490 g/mol. The van der Waals surface area contributed by atoms with Crippen LogP contribution < -0.4 is 9.64 Å². The molecule has 9 nitrogen and oxygen atoms in total.